The van der Waals surface area contributed by atoms with E-state index in [0.717, 1.165) is 48.2 Å². The molecule has 2 aromatic heterocycles. The monoisotopic (exact) mass is 494 g/mol. The molecule has 0 saturated carbocycles. The highest BCUT2D eigenvalue weighted by atomic mass is 16.5. The van der Waals surface area contributed by atoms with Gasteiger partial charge < -0.3 is 24.1 Å². The van der Waals surface area contributed by atoms with Crippen molar-refractivity contribution < 1.29 is 19.0 Å². The SMILES string of the molecule is COc1cc(OC)c(CN2CCc3nnc([C@@H](NC(=O)c4ccccn4)C(C)C)n3CC2)c(OC)c1. The van der Waals surface area contributed by atoms with Gasteiger partial charge in [0.15, 0.2) is 5.82 Å². The number of fused-ring (bicyclic) bond motifs is 1. The Morgan fingerprint density at radius 2 is 1.78 bits per heavy atom. The molecule has 3 aromatic rings. The third-order valence-electron chi connectivity index (χ3n) is 6.48. The van der Waals surface area contributed by atoms with Crippen molar-refractivity contribution in [1.82, 2.24) is 30.0 Å². The summed E-state index contributed by atoms with van der Waals surface area (Å²) >= 11 is 0. The molecule has 0 radical (unpaired) electrons. The van der Waals surface area contributed by atoms with Crippen LogP contribution in [0.5, 0.6) is 17.2 Å². The number of pyridine rings is 1. The summed E-state index contributed by atoms with van der Waals surface area (Å²) in [6, 6.07) is 8.76. The van der Waals surface area contributed by atoms with Crippen LogP contribution < -0.4 is 19.5 Å². The molecule has 0 fully saturated rings. The van der Waals surface area contributed by atoms with Crippen molar-refractivity contribution in [1.29, 1.82) is 0 Å². The minimum absolute atomic E-state index is 0.123. The zero-order chi connectivity index (χ0) is 25.7. The van der Waals surface area contributed by atoms with E-state index in [0.29, 0.717) is 24.5 Å². The van der Waals surface area contributed by atoms with Gasteiger partial charge in [-0.05, 0) is 18.1 Å². The lowest BCUT2D eigenvalue weighted by molar-refractivity contribution is 0.0916. The van der Waals surface area contributed by atoms with Gasteiger partial charge in [0.1, 0.15) is 28.8 Å². The number of benzene rings is 1. The maximum atomic E-state index is 12.8. The molecule has 3 heterocycles. The highest BCUT2D eigenvalue weighted by Gasteiger charge is 2.28. The number of nitrogens with one attached hydrogen (secondary N) is 1. The summed E-state index contributed by atoms with van der Waals surface area (Å²) in [5.41, 5.74) is 1.36. The largest absolute Gasteiger partial charge is 0.496 e. The fourth-order valence-corrected chi connectivity index (χ4v) is 4.48. The molecule has 1 aliphatic heterocycles. The number of carbonyl (C=O) groups excluding carboxylic acids is 1. The lowest BCUT2D eigenvalue weighted by atomic mass is 10.0. The average Bonchev–Trinajstić information content (AvgIpc) is 3.19. The quantitative estimate of drug-likeness (QED) is 0.484. The fraction of sp³-hybridized carbons (Fsp3) is 0.462. The van der Waals surface area contributed by atoms with Crippen molar-refractivity contribution in [2.24, 2.45) is 5.92 Å². The standard InChI is InChI=1S/C26H34N6O4/c1-17(2)24(28-26(33)20-8-6-7-10-27-20)25-30-29-23-9-11-31(12-13-32(23)25)16-19-21(35-4)14-18(34-3)15-22(19)36-5/h6-8,10,14-15,17,24H,9,11-13,16H2,1-5H3,(H,28,33)/t24-/m0/s1. The molecule has 1 amide bonds. The highest BCUT2D eigenvalue weighted by Crippen LogP contribution is 2.35. The van der Waals surface area contributed by atoms with Crippen LogP contribution in [0.2, 0.25) is 0 Å². The second-order valence-corrected chi connectivity index (χ2v) is 9.07. The van der Waals surface area contributed by atoms with E-state index in [1.54, 1.807) is 45.7 Å². The molecule has 1 N–H and O–H groups in total. The number of aromatic nitrogens is 4. The molecule has 1 aromatic carbocycles. The lowest BCUT2D eigenvalue weighted by Gasteiger charge is -2.24. The first-order chi connectivity index (χ1) is 17.4. The molecule has 10 heteroatoms. The van der Waals surface area contributed by atoms with Gasteiger partial charge in [0, 0.05) is 50.9 Å². The van der Waals surface area contributed by atoms with Crippen molar-refractivity contribution >= 4 is 5.91 Å². The number of methoxy groups -OCH3 is 3. The third kappa shape index (κ3) is 5.43. The number of nitrogens with zero attached hydrogens (tertiary/aromatic N) is 5. The van der Waals surface area contributed by atoms with Gasteiger partial charge in [-0.3, -0.25) is 14.7 Å². The smallest absolute Gasteiger partial charge is 0.270 e. The Bertz CT molecular complexity index is 1160. The van der Waals surface area contributed by atoms with Crippen LogP contribution in [0.25, 0.3) is 0 Å². The first kappa shape index (κ1) is 25.4. The van der Waals surface area contributed by atoms with Gasteiger partial charge in [0.25, 0.3) is 5.91 Å². The number of rotatable bonds is 9. The van der Waals surface area contributed by atoms with Crippen LogP contribution in [0.3, 0.4) is 0 Å². The van der Waals surface area contributed by atoms with E-state index < -0.39 is 0 Å². The Morgan fingerprint density at radius 1 is 1.03 bits per heavy atom. The molecule has 0 unspecified atom stereocenters. The van der Waals surface area contributed by atoms with Gasteiger partial charge in [-0.1, -0.05) is 19.9 Å². The topological polar surface area (TPSA) is 104 Å². The molecule has 192 valence electrons. The van der Waals surface area contributed by atoms with Crippen LogP contribution >= 0.6 is 0 Å². The first-order valence-corrected chi connectivity index (χ1v) is 12.1. The number of hydrogen-bond donors (Lipinski definition) is 1. The molecular formula is C26H34N6O4. The Kier molecular flexibility index (Phi) is 8.04. The zero-order valence-electron chi connectivity index (χ0n) is 21.5. The van der Waals surface area contributed by atoms with Gasteiger partial charge in [0.05, 0.1) is 32.9 Å². The Labute approximate surface area is 211 Å². The number of carbonyl (C=O) groups is 1. The van der Waals surface area contributed by atoms with E-state index in [4.69, 9.17) is 14.2 Å². The maximum Gasteiger partial charge on any atom is 0.270 e. The van der Waals surface area contributed by atoms with Crippen LogP contribution in [-0.4, -0.2) is 65.0 Å². The molecule has 0 aliphatic carbocycles. The van der Waals surface area contributed by atoms with E-state index in [2.05, 4.69) is 43.8 Å². The third-order valence-corrected chi connectivity index (χ3v) is 6.48. The van der Waals surface area contributed by atoms with Gasteiger partial charge in [0.2, 0.25) is 0 Å². The van der Waals surface area contributed by atoms with Gasteiger partial charge in [-0.2, -0.15) is 0 Å². The minimum atomic E-state index is -0.283. The van der Waals surface area contributed by atoms with Crippen molar-refractivity contribution in [3.8, 4) is 17.2 Å². The summed E-state index contributed by atoms with van der Waals surface area (Å²) in [7, 11) is 4.93. The normalized spacial score (nSPS) is 14.6. The summed E-state index contributed by atoms with van der Waals surface area (Å²) < 4.78 is 18.8. The van der Waals surface area contributed by atoms with Crippen molar-refractivity contribution in [3.63, 3.8) is 0 Å². The van der Waals surface area contributed by atoms with Crippen molar-refractivity contribution in [2.45, 2.75) is 39.4 Å². The van der Waals surface area contributed by atoms with E-state index in [9.17, 15) is 4.79 Å². The van der Waals surface area contributed by atoms with E-state index in [1.165, 1.54) is 0 Å². The Morgan fingerprint density at radius 3 is 2.39 bits per heavy atom. The van der Waals surface area contributed by atoms with Crippen LogP contribution in [0, 0.1) is 5.92 Å². The first-order valence-electron chi connectivity index (χ1n) is 12.1. The van der Waals surface area contributed by atoms with Crippen molar-refractivity contribution in [2.75, 3.05) is 34.4 Å². The summed E-state index contributed by atoms with van der Waals surface area (Å²) in [5, 5.41) is 12.1. The van der Waals surface area contributed by atoms with Gasteiger partial charge in [-0.15, -0.1) is 10.2 Å². The lowest BCUT2D eigenvalue weighted by Crippen LogP contribution is -2.34. The Hall–Kier alpha value is -3.66. The minimum Gasteiger partial charge on any atom is -0.496 e. The number of amides is 1. The molecule has 1 atom stereocenters. The maximum absolute atomic E-state index is 12.8. The van der Waals surface area contributed by atoms with Crippen LogP contribution in [0.4, 0.5) is 0 Å². The number of ether oxygens (including phenoxy) is 3. The van der Waals surface area contributed by atoms with Crippen LogP contribution in [0.1, 0.15) is 47.6 Å². The zero-order valence-corrected chi connectivity index (χ0v) is 21.5. The molecule has 0 saturated heterocycles. The second-order valence-electron chi connectivity index (χ2n) is 9.07. The molecule has 10 nitrogen and oxygen atoms in total. The number of hydrogen-bond acceptors (Lipinski definition) is 8. The molecule has 1 aliphatic rings. The fourth-order valence-electron chi connectivity index (χ4n) is 4.48. The predicted molar refractivity (Wildman–Crippen MR) is 134 cm³/mol. The summed E-state index contributed by atoms with van der Waals surface area (Å²) in [6.45, 7) is 7.10. The van der Waals surface area contributed by atoms with Crippen LogP contribution in [0.15, 0.2) is 36.5 Å². The average molecular weight is 495 g/mol. The second kappa shape index (κ2) is 11.4. The van der Waals surface area contributed by atoms with E-state index in [-0.39, 0.29) is 17.9 Å². The predicted octanol–water partition coefficient (Wildman–Crippen LogP) is 2.88. The highest BCUT2D eigenvalue weighted by molar-refractivity contribution is 5.92. The summed E-state index contributed by atoms with van der Waals surface area (Å²) in [5.74, 6) is 3.73. The molecule has 0 bridgehead atoms. The van der Waals surface area contributed by atoms with E-state index >= 15 is 0 Å². The van der Waals surface area contributed by atoms with Crippen molar-refractivity contribution in [3.05, 3.63) is 59.4 Å². The Balaban J connectivity index is 1.52. The molecule has 0 spiro atoms. The molecular weight excluding hydrogens is 460 g/mol. The van der Waals surface area contributed by atoms with E-state index in [1.807, 2.05) is 12.1 Å². The molecule has 36 heavy (non-hydrogen) atoms. The van der Waals surface area contributed by atoms with Crippen LogP contribution in [-0.2, 0) is 19.5 Å². The van der Waals surface area contributed by atoms with Gasteiger partial charge in [-0.25, -0.2) is 0 Å². The molecule has 4 rings (SSSR count). The summed E-state index contributed by atoms with van der Waals surface area (Å²) in [4.78, 5) is 19.4. The van der Waals surface area contributed by atoms with Gasteiger partial charge >= 0.3 is 0 Å². The summed E-state index contributed by atoms with van der Waals surface area (Å²) in [6.07, 6.45) is 2.36.